The third-order valence-electron chi connectivity index (χ3n) is 6.25. The van der Waals surface area contributed by atoms with Crippen LogP contribution in [0, 0.1) is 0 Å². The van der Waals surface area contributed by atoms with E-state index in [0.29, 0.717) is 24.7 Å². The average molecular weight is 378 g/mol. The van der Waals surface area contributed by atoms with E-state index in [4.69, 9.17) is 4.98 Å². The molecule has 7 nitrogen and oxygen atoms in total. The maximum absolute atomic E-state index is 13.0. The molecule has 1 amide bonds. The summed E-state index contributed by atoms with van der Waals surface area (Å²) in [4.78, 5) is 24.6. The van der Waals surface area contributed by atoms with Crippen LogP contribution < -0.4 is 0 Å². The number of carbonyl (C=O) groups excluding carboxylic acids is 1. The smallest absolute Gasteiger partial charge is 0.272 e. The molecule has 3 aromatic rings. The van der Waals surface area contributed by atoms with Gasteiger partial charge in [0.1, 0.15) is 17.0 Å². The number of fused-ring (bicyclic) bond motifs is 1. The van der Waals surface area contributed by atoms with Gasteiger partial charge in [0.05, 0.1) is 6.04 Å². The van der Waals surface area contributed by atoms with Gasteiger partial charge in [-0.2, -0.15) is 5.10 Å². The molecule has 1 atom stereocenters. The second-order valence-electron chi connectivity index (χ2n) is 7.89. The van der Waals surface area contributed by atoms with Crippen molar-refractivity contribution in [1.82, 2.24) is 29.2 Å². The zero-order valence-electron chi connectivity index (χ0n) is 16.3. The van der Waals surface area contributed by atoms with Gasteiger partial charge in [-0.1, -0.05) is 12.8 Å². The normalized spacial score (nSPS) is 20.5. The first-order valence-electron chi connectivity index (χ1n) is 10.4. The van der Waals surface area contributed by atoms with Crippen molar-refractivity contribution in [2.24, 2.45) is 0 Å². The van der Waals surface area contributed by atoms with Crippen molar-refractivity contribution >= 4 is 17.1 Å². The van der Waals surface area contributed by atoms with Gasteiger partial charge < -0.3 is 9.47 Å². The zero-order chi connectivity index (χ0) is 19.1. The van der Waals surface area contributed by atoms with Crippen molar-refractivity contribution < 1.29 is 4.79 Å². The number of carbonyl (C=O) groups is 1. The van der Waals surface area contributed by atoms with Gasteiger partial charge in [0.2, 0.25) is 0 Å². The fraction of sp³-hybridized carbons (Fsp3) is 0.524. The SMILES string of the molecule is CCn1nccc1C(=O)N1CCC(n2c(C3CCCC3)nc3cccnc32)C1. The fourth-order valence-electron chi connectivity index (χ4n) is 4.84. The van der Waals surface area contributed by atoms with E-state index in [0.717, 1.165) is 24.1 Å². The van der Waals surface area contributed by atoms with E-state index in [-0.39, 0.29) is 11.9 Å². The maximum Gasteiger partial charge on any atom is 0.272 e. The number of likely N-dealkylation sites (tertiary alicyclic amines) is 1. The quantitative estimate of drug-likeness (QED) is 0.698. The van der Waals surface area contributed by atoms with Gasteiger partial charge >= 0.3 is 0 Å². The zero-order valence-corrected chi connectivity index (χ0v) is 16.3. The van der Waals surface area contributed by atoms with E-state index >= 15 is 0 Å². The molecule has 0 radical (unpaired) electrons. The number of amides is 1. The molecule has 7 heteroatoms. The van der Waals surface area contributed by atoms with Crippen LogP contribution >= 0.6 is 0 Å². The van der Waals surface area contributed by atoms with Gasteiger partial charge in [-0.25, -0.2) is 9.97 Å². The third kappa shape index (κ3) is 2.80. The fourth-order valence-corrected chi connectivity index (χ4v) is 4.84. The predicted octanol–water partition coefficient (Wildman–Crippen LogP) is 3.39. The minimum absolute atomic E-state index is 0.0710. The van der Waals surface area contributed by atoms with Crippen molar-refractivity contribution in [3.63, 3.8) is 0 Å². The summed E-state index contributed by atoms with van der Waals surface area (Å²) < 4.78 is 4.11. The number of hydrogen-bond donors (Lipinski definition) is 0. The third-order valence-corrected chi connectivity index (χ3v) is 6.25. The molecule has 1 saturated heterocycles. The van der Waals surface area contributed by atoms with Crippen LogP contribution in [-0.4, -0.2) is 48.2 Å². The molecule has 146 valence electrons. The highest BCUT2D eigenvalue weighted by Gasteiger charge is 2.34. The molecular weight excluding hydrogens is 352 g/mol. The summed E-state index contributed by atoms with van der Waals surface area (Å²) in [7, 11) is 0. The second-order valence-corrected chi connectivity index (χ2v) is 7.89. The lowest BCUT2D eigenvalue weighted by molar-refractivity contribution is 0.0775. The lowest BCUT2D eigenvalue weighted by atomic mass is 10.1. The van der Waals surface area contributed by atoms with Crippen molar-refractivity contribution in [2.45, 2.75) is 57.5 Å². The van der Waals surface area contributed by atoms with Crippen molar-refractivity contribution in [1.29, 1.82) is 0 Å². The molecule has 28 heavy (non-hydrogen) atoms. The first kappa shape index (κ1) is 17.4. The van der Waals surface area contributed by atoms with Crippen molar-refractivity contribution in [3.8, 4) is 0 Å². The van der Waals surface area contributed by atoms with E-state index in [1.165, 1.54) is 31.5 Å². The topological polar surface area (TPSA) is 68.8 Å². The van der Waals surface area contributed by atoms with E-state index in [1.54, 1.807) is 10.9 Å². The lowest BCUT2D eigenvalue weighted by Crippen LogP contribution is -2.31. The van der Waals surface area contributed by atoms with Crippen LogP contribution in [0.3, 0.4) is 0 Å². The van der Waals surface area contributed by atoms with Gasteiger partial charge in [0, 0.05) is 37.9 Å². The van der Waals surface area contributed by atoms with Crippen LogP contribution in [-0.2, 0) is 6.54 Å². The lowest BCUT2D eigenvalue weighted by Gasteiger charge is -2.20. The molecule has 0 aromatic carbocycles. The Bertz CT molecular complexity index is 999. The Morgan fingerprint density at radius 3 is 2.86 bits per heavy atom. The Hall–Kier alpha value is -2.70. The van der Waals surface area contributed by atoms with Gasteiger partial charge in [0.25, 0.3) is 5.91 Å². The van der Waals surface area contributed by atoms with Crippen LogP contribution in [0.15, 0.2) is 30.6 Å². The summed E-state index contributed by atoms with van der Waals surface area (Å²) in [6.07, 6.45) is 9.44. The van der Waals surface area contributed by atoms with Gasteiger partial charge in [0.15, 0.2) is 5.65 Å². The minimum atomic E-state index is 0.0710. The summed E-state index contributed by atoms with van der Waals surface area (Å²) in [5.41, 5.74) is 2.60. The van der Waals surface area contributed by atoms with E-state index in [2.05, 4.69) is 20.7 Å². The molecule has 0 bridgehead atoms. The highest BCUT2D eigenvalue weighted by atomic mass is 16.2. The molecule has 3 aromatic heterocycles. The number of nitrogens with zero attached hydrogens (tertiary/aromatic N) is 6. The van der Waals surface area contributed by atoms with Crippen molar-refractivity contribution in [3.05, 3.63) is 42.1 Å². The standard InChI is InChI=1S/C21H26N6O/c1-2-26-18(9-12-23-26)21(28)25-13-10-16(14-25)27-19(15-6-3-4-7-15)24-17-8-5-11-22-20(17)27/h5,8-9,11-12,15-16H,2-4,6-7,10,13-14H2,1H3. The number of pyridine rings is 1. The Morgan fingerprint density at radius 2 is 2.04 bits per heavy atom. The molecule has 1 aliphatic carbocycles. The first-order chi connectivity index (χ1) is 13.8. The summed E-state index contributed by atoms with van der Waals surface area (Å²) in [6.45, 7) is 4.17. The molecule has 2 fully saturated rings. The Morgan fingerprint density at radius 1 is 1.18 bits per heavy atom. The molecule has 0 N–H and O–H groups in total. The highest BCUT2D eigenvalue weighted by Crippen LogP contribution is 2.38. The minimum Gasteiger partial charge on any atom is -0.335 e. The predicted molar refractivity (Wildman–Crippen MR) is 106 cm³/mol. The van der Waals surface area contributed by atoms with Gasteiger partial charge in [-0.15, -0.1) is 0 Å². The van der Waals surface area contributed by atoms with E-state index in [1.807, 2.05) is 30.2 Å². The number of rotatable bonds is 4. The van der Waals surface area contributed by atoms with Crippen LogP contribution in [0.25, 0.3) is 11.2 Å². The Balaban J connectivity index is 1.46. The van der Waals surface area contributed by atoms with Crippen LogP contribution in [0.5, 0.6) is 0 Å². The van der Waals surface area contributed by atoms with Crippen LogP contribution in [0.4, 0.5) is 0 Å². The number of imidazole rings is 1. The van der Waals surface area contributed by atoms with Gasteiger partial charge in [-0.3, -0.25) is 9.48 Å². The molecule has 5 rings (SSSR count). The second kappa shape index (κ2) is 7.04. The summed E-state index contributed by atoms with van der Waals surface area (Å²) >= 11 is 0. The molecule has 0 spiro atoms. The summed E-state index contributed by atoms with van der Waals surface area (Å²) in [6, 6.07) is 6.05. The average Bonchev–Trinajstić information content (AvgIpc) is 3.52. The Kier molecular flexibility index (Phi) is 4.37. The molecule has 1 saturated carbocycles. The summed E-state index contributed by atoms with van der Waals surface area (Å²) in [5.74, 6) is 1.76. The highest BCUT2D eigenvalue weighted by molar-refractivity contribution is 5.92. The monoisotopic (exact) mass is 378 g/mol. The summed E-state index contributed by atoms with van der Waals surface area (Å²) in [5, 5.41) is 4.25. The molecular formula is C21H26N6O. The number of aryl methyl sites for hydroxylation is 1. The molecule has 1 aliphatic heterocycles. The van der Waals surface area contributed by atoms with Gasteiger partial charge in [-0.05, 0) is 44.4 Å². The molecule has 4 heterocycles. The van der Waals surface area contributed by atoms with Crippen LogP contribution in [0.2, 0.25) is 0 Å². The van der Waals surface area contributed by atoms with Crippen molar-refractivity contribution in [2.75, 3.05) is 13.1 Å². The first-order valence-corrected chi connectivity index (χ1v) is 10.4. The molecule has 1 unspecified atom stereocenters. The number of hydrogen-bond acceptors (Lipinski definition) is 4. The number of aromatic nitrogens is 5. The van der Waals surface area contributed by atoms with Crippen LogP contribution in [0.1, 0.15) is 67.3 Å². The Labute approximate surface area is 164 Å². The van der Waals surface area contributed by atoms with E-state index < -0.39 is 0 Å². The largest absolute Gasteiger partial charge is 0.335 e. The maximum atomic E-state index is 13.0. The van der Waals surface area contributed by atoms with E-state index in [9.17, 15) is 4.79 Å². The molecule has 2 aliphatic rings.